The monoisotopic (exact) mass is 658 g/mol. The smallest absolute Gasteiger partial charge is 0.339 e. The number of hydrogen-bond donors (Lipinski definition) is 5. The predicted molar refractivity (Wildman–Crippen MR) is 157 cm³/mol. The summed E-state index contributed by atoms with van der Waals surface area (Å²) in [5.74, 6) is -1.64. The van der Waals surface area contributed by atoms with Crippen LogP contribution in [-0.2, 0) is 41.7 Å². The summed E-state index contributed by atoms with van der Waals surface area (Å²) in [6.07, 6.45) is -6.70. The standard InChI is InChI=1S/C29H36Cl2N2O11/c1-14-17(27(38)44-26-24(37)23(36)20(12-34)43-29(26)41-3)10-18(30)25(22(14)31)42-13-16-6-4-5-15(9-16)11-33-21(35)8-7-19(32)28(39)40-2/h4-6,9-10,19-20,23-24,26,29,34,36-37H,7-8,11-13,32H2,1-3H3,(H,33,35)/t19-,20+,23+,24-,26+,29-/m0/s1. The van der Waals surface area contributed by atoms with E-state index in [1.54, 1.807) is 19.1 Å². The van der Waals surface area contributed by atoms with E-state index in [0.717, 1.165) is 11.1 Å². The third-order valence-corrected chi connectivity index (χ3v) is 7.73. The zero-order valence-corrected chi connectivity index (χ0v) is 25.8. The maximum absolute atomic E-state index is 13.1. The van der Waals surface area contributed by atoms with Crippen LogP contribution in [0, 0.1) is 6.92 Å². The number of carbonyl (C=O) groups is 3. The van der Waals surface area contributed by atoms with E-state index in [1.807, 2.05) is 12.1 Å². The van der Waals surface area contributed by atoms with Crippen LogP contribution in [0.3, 0.4) is 0 Å². The molecule has 0 saturated carbocycles. The number of aliphatic hydroxyl groups is 3. The van der Waals surface area contributed by atoms with Crippen LogP contribution in [0.4, 0.5) is 0 Å². The van der Waals surface area contributed by atoms with Crippen molar-refractivity contribution >= 4 is 41.0 Å². The molecule has 0 spiro atoms. The van der Waals surface area contributed by atoms with Gasteiger partial charge in [-0.2, -0.15) is 0 Å². The van der Waals surface area contributed by atoms with Crippen LogP contribution in [0.15, 0.2) is 30.3 Å². The second-order valence-corrected chi connectivity index (χ2v) is 10.8. The lowest BCUT2D eigenvalue weighted by atomic mass is 9.99. The highest BCUT2D eigenvalue weighted by Gasteiger charge is 2.47. The van der Waals surface area contributed by atoms with Gasteiger partial charge in [0, 0.05) is 20.1 Å². The lowest BCUT2D eigenvalue weighted by Gasteiger charge is -2.40. The number of ether oxygens (including phenoxy) is 5. The predicted octanol–water partition coefficient (Wildman–Crippen LogP) is 1.39. The summed E-state index contributed by atoms with van der Waals surface area (Å²) in [4.78, 5) is 36.6. The zero-order valence-electron chi connectivity index (χ0n) is 24.3. The molecule has 0 aliphatic carbocycles. The second-order valence-electron chi connectivity index (χ2n) is 10.0. The van der Waals surface area contributed by atoms with Crippen LogP contribution in [0.25, 0.3) is 0 Å². The Morgan fingerprint density at radius 2 is 1.82 bits per heavy atom. The molecular formula is C29H36Cl2N2O11. The molecule has 0 radical (unpaired) electrons. The minimum Gasteiger partial charge on any atom is -0.486 e. The summed E-state index contributed by atoms with van der Waals surface area (Å²) in [6.45, 7) is 1.27. The molecule has 44 heavy (non-hydrogen) atoms. The van der Waals surface area contributed by atoms with Crippen molar-refractivity contribution in [1.29, 1.82) is 0 Å². The number of rotatable bonds is 13. The van der Waals surface area contributed by atoms with Gasteiger partial charge in [0.2, 0.25) is 5.91 Å². The first kappa shape index (κ1) is 35.5. The van der Waals surface area contributed by atoms with E-state index in [1.165, 1.54) is 20.3 Å². The molecule has 0 bridgehead atoms. The van der Waals surface area contributed by atoms with E-state index in [4.69, 9.17) is 47.9 Å². The number of nitrogens with one attached hydrogen (secondary N) is 1. The van der Waals surface area contributed by atoms with Crippen LogP contribution in [0.5, 0.6) is 5.75 Å². The fourth-order valence-electron chi connectivity index (χ4n) is 4.43. The summed E-state index contributed by atoms with van der Waals surface area (Å²) >= 11 is 13.0. The maximum Gasteiger partial charge on any atom is 0.339 e. The summed E-state index contributed by atoms with van der Waals surface area (Å²) in [5.41, 5.74) is 7.47. The van der Waals surface area contributed by atoms with Crippen molar-refractivity contribution < 1.29 is 53.4 Å². The maximum atomic E-state index is 13.1. The zero-order chi connectivity index (χ0) is 32.6. The normalized spacial score (nSPS) is 22.2. The van der Waals surface area contributed by atoms with Gasteiger partial charge in [0.15, 0.2) is 18.1 Å². The quantitative estimate of drug-likeness (QED) is 0.194. The van der Waals surface area contributed by atoms with Crippen molar-refractivity contribution in [3.05, 3.63) is 62.6 Å². The first-order valence-electron chi connectivity index (χ1n) is 13.6. The Labute approximate surface area is 264 Å². The molecule has 3 rings (SSSR count). The van der Waals surface area contributed by atoms with E-state index < -0.39 is 55.3 Å². The number of amides is 1. The highest BCUT2D eigenvalue weighted by Crippen LogP contribution is 2.39. The van der Waals surface area contributed by atoms with Crippen molar-refractivity contribution in [2.75, 3.05) is 20.8 Å². The number of esters is 2. The summed E-state index contributed by atoms with van der Waals surface area (Å²) in [5, 5.41) is 32.9. The number of hydrogen-bond acceptors (Lipinski definition) is 12. The third kappa shape index (κ3) is 8.79. The SMILES string of the molecule is COC(=O)[C@@H](N)CCC(=O)NCc1cccc(COc2c(Cl)cc(C(=O)O[C@H]3[C@@H](OC)O[C@H](CO)[C@@H](O)[C@@H]3O)c(C)c2Cl)c1. The average molecular weight is 660 g/mol. The molecule has 0 aromatic heterocycles. The van der Waals surface area contributed by atoms with Gasteiger partial charge >= 0.3 is 11.9 Å². The summed E-state index contributed by atoms with van der Waals surface area (Å²) in [7, 11) is 2.49. The van der Waals surface area contributed by atoms with Gasteiger partial charge in [-0.3, -0.25) is 9.59 Å². The van der Waals surface area contributed by atoms with Crippen LogP contribution >= 0.6 is 23.2 Å². The molecule has 2 aromatic carbocycles. The van der Waals surface area contributed by atoms with Gasteiger partial charge in [-0.05, 0) is 36.1 Å². The highest BCUT2D eigenvalue weighted by molar-refractivity contribution is 6.38. The highest BCUT2D eigenvalue weighted by atomic mass is 35.5. The third-order valence-electron chi connectivity index (χ3n) is 6.99. The Bertz CT molecular complexity index is 1330. The molecule has 1 fully saturated rings. The minimum absolute atomic E-state index is 0.0153. The lowest BCUT2D eigenvalue weighted by Crippen LogP contribution is -2.60. The van der Waals surface area contributed by atoms with E-state index in [0.29, 0.717) is 0 Å². The minimum atomic E-state index is -1.60. The molecule has 2 aromatic rings. The summed E-state index contributed by atoms with van der Waals surface area (Å²) < 4.78 is 26.4. The van der Waals surface area contributed by atoms with Gasteiger partial charge in [-0.25, -0.2) is 4.79 Å². The molecule has 6 atom stereocenters. The van der Waals surface area contributed by atoms with Crippen molar-refractivity contribution in [1.82, 2.24) is 5.32 Å². The first-order chi connectivity index (χ1) is 20.9. The Morgan fingerprint density at radius 1 is 1.11 bits per heavy atom. The van der Waals surface area contributed by atoms with Gasteiger partial charge in [0.05, 0.1) is 29.3 Å². The fourth-order valence-corrected chi connectivity index (χ4v) is 4.99. The van der Waals surface area contributed by atoms with Gasteiger partial charge in [0.25, 0.3) is 0 Å². The van der Waals surface area contributed by atoms with Gasteiger partial charge < -0.3 is 50.1 Å². The number of methoxy groups -OCH3 is 2. The van der Waals surface area contributed by atoms with Crippen LogP contribution in [0.2, 0.25) is 10.0 Å². The molecule has 1 heterocycles. The number of carbonyl (C=O) groups excluding carboxylic acids is 3. The Morgan fingerprint density at radius 3 is 2.48 bits per heavy atom. The number of nitrogens with two attached hydrogens (primary N) is 1. The molecular weight excluding hydrogens is 623 g/mol. The molecule has 1 aliphatic rings. The fraction of sp³-hybridized carbons (Fsp3) is 0.483. The topological polar surface area (TPSA) is 196 Å². The van der Waals surface area contributed by atoms with Crippen molar-refractivity contribution in [3.8, 4) is 5.75 Å². The molecule has 0 unspecified atom stereocenters. The Kier molecular flexibility index (Phi) is 13.2. The van der Waals surface area contributed by atoms with Crippen molar-refractivity contribution in [2.45, 2.75) is 69.7 Å². The van der Waals surface area contributed by atoms with Crippen LogP contribution in [0.1, 0.15) is 39.9 Å². The van der Waals surface area contributed by atoms with Gasteiger partial charge in [-0.1, -0.05) is 47.5 Å². The van der Waals surface area contributed by atoms with E-state index >= 15 is 0 Å². The first-order valence-corrected chi connectivity index (χ1v) is 14.3. The molecule has 1 saturated heterocycles. The molecule has 242 valence electrons. The Hall–Kier alpha value is -3.01. The summed E-state index contributed by atoms with van der Waals surface area (Å²) in [6, 6.07) is 7.67. The molecule has 1 amide bonds. The molecule has 1 aliphatic heterocycles. The average Bonchev–Trinajstić information content (AvgIpc) is 3.02. The number of aliphatic hydroxyl groups excluding tert-OH is 3. The number of benzene rings is 2. The second kappa shape index (κ2) is 16.3. The Balaban J connectivity index is 1.63. The van der Waals surface area contributed by atoms with E-state index in [-0.39, 0.29) is 58.8 Å². The largest absolute Gasteiger partial charge is 0.486 e. The van der Waals surface area contributed by atoms with Crippen molar-refractivity contribution in [2.24, 2.45) is 5.73 Å². The number of halogens is 2. The molecule has 13 nitrogen and oxygen atoms in total. The van der Waals surface area contributed by atoms with E-state index in [9.17, 15) is 29.7 Å². The van der Waals surface area contributed by atoms with Gasteiger partial charge in [-0.15, -0.1) is 0 Å². The van der Waals surface area contributed by atoms with Crippen molar-refractivity contribution in [3.63, 3.8) is 0 Å². The molecule has 15 heteroatoms. The van der Waals surface area contributed by atoms with E-state index in [2.05, 4.69) is 10.1 Å². The lowest BCUT2D eigenvalue weighted by molar-refractivity contribution is -0.293. The molecule has 6 N–H and O–H groups in total. The van der Waals surface area contributed by atoms with Gasteiger partial charge in [0.1, 0.15) is 31.0 Å². The van der Waals surface area contributed by atoms with Crippen LogP contribution in [-0.4, -0.2) is 90.7 Å². The van der Waals surface area contributed by atoms with Crippen LogP contribution < -0.4 is 15.8 Å².